The highest BCUT2D eigenvalue weighted by molar-refractivity contribution is 5.81. The lowest BCUT2D eigenvalue weighted by molar-refractivity contribution is -0.144. The summed E-state index contributed by atoms with van der Waals surface area (Å²) in [5.41, 5.74) is 0. The van der Waals surface area contributed by atoms with Crippen LogP contribution in [0.25, 0.3) is 0 Å². The summed E-state index contributed by atoms with van der Waals surface area (Å²) >= 11 is 0. The third-order valence-electron chi connectivity index (χ3n) is 4.02. The Morgan fingerprint density at radius 2 is 2.04 bits per heavy atom. The molecule has 0 aliphatic heterocycles. The zero-order chi connectivity index (χ0) is 16.8. The second-order valence-corrected chi connectivity index (χ2v) is 6.59. The lowest BCUT2D eigenvalue weighted by Gasteiger charge is -2.22. The minimum Gasteiger partial charge on any atom is -0.480 e. The summed E-state index contributed by atoms with van der Waals surface area (Å²) < 4.78 is 5.22. The van der Waals surface area contributed by atoms with Gasteiger partial charge in [0.2, 0.25) is 11.8 Å². The number of carbonyl (C=O) groups excluding carboxylic acids is 1. The molecule has 2 rings (SSSR count). The van der Waals surface area contributed by atoms with Gasteiger partial charge in [-0.2, -0.15) is 4.98 Å². The zero-order valence-corrected chi connectivity index (χ0v) is 13.8. The smallest absolute Gasteiger partial charge is 0.323 e. The third kappa shape index (κ3) is 5.33. The predicted octanol–water partition coefficient (Wildman–Crippen LogP) is 2.23. The first-order chi connectivity index (χ1) is 11.0. The van der Waals surface area contributed by atoms with Crippen molar-refractivity contribution in [2.45, 2.75) is 58.3 Å². The van der Waals surface area contributed by atoms with E-state index in [1.54, 1.807) is 0 Å². The maximum absolute atomic E-state index is 12.2. The zero-order valence-electron chi connectivity index (χ0n) is 13.8. The molecule has 0 atom stereocenters. The third-order valence-corrected chi connectivity index (χ3v) is 4.02. The molecule has 1 aromatic heterocycles. The van der Waals surface area contributed by atoms with Gasteiger partial charge in [-0.15, -0.1) is 0 Å². The molecule has 1 aromatic rings. The number of aliphatic carboxylic acids is 1. The van der Waals surface area contributed by atoms with E-state index in [2.05, 4.69) is 10.1 Å². The fourth-order valence-electron chi connectivity index (χ4n) is 2.95. The Kier molecular flexibility index (Phi) is 6.12. The van der Waals surface area contributed by atoms with Crippen molar-refractivity contribution in [3.05, 3.63) is 11.7 Å². The van der Waals surface area contributed by atoms with Gasteiger partial charge in [0.15, 0.2) is 5.82 Å². The minimum atomic E-state index is -1.000. The second-order valence-electron chi connectivity index (χ2n) is 6.59. The van der Waals surface area contributed by atoms with Crippen LogP contribution in [0, 0.1) is 5.92 Å². The maximum atomic E-state index is 12.2. The number of aromatic nitrogens is 2. The second kappa shape index (κ2) is 8.08. The normalized spacial score (nSPS) is 15.3. The molecule has 7 heteroatoms. The molecule has 0 aromatic carbocycles. The molecule has 1 aliphatic rings. The topological polar surface area (TPSA) is 96.5 Å². The number of carboxylic acid groups (broad SMARTS) is 1. The molecule has 1 saturated carbocycles. The summed E-state index contributed by atoms with van der Waals surface area (Å²) in [6.45, 7) is 4.07. The first-order valence-electron chi connectivity index (χ1n) is 8.27. The number of hydrogen-bond donors (Lipinski definition) is 1. The summed E-state index contributed by atoms with van der Waals surface area (Å²) in [5.74, 6) is 0.611. The van der Waals surface area contributed by atoms with Crippen molar-refractivity contribution in [1.29, 1.82) is 0 Å². The first kappa shape index (κ1) is 17.4. The van der Waals surface area contributed by atoms with Crippen molar-refractivity contribution in [1.82, 2.24) is 15.0 Å². The van der Waals surface area contributed by atoms with Gasteiger partial charge in [-0.05, 0) is 18.8 Å². The minimum absolute atomic E-state index is 0.187. The Balaban J connectivity index is 1.87. The summed E-state index contributed by atoms with van der Waals surface area (Å²) in [7, 11) is 0. The van der Waals surface area contributed by atoms with Crippen molar-refractivity contribution >= 4 is 11.9 Å². The highest BCUT2D eigenvalue weighted by Gasteiger charge is 2.23. The molecule has 7 nitrogen and oxygen atoms in total. The van der Waals surface area contributed by atoms with Gasteiger partial charge in [0.1, 0.15) is 6.54 Å². The van der Waals surface area contributed by atoms with Crippen molar-refractivity contribution < 1.29 is 19.2 Å². The van der Waals surface area contributed by atoms with E-state index >= 15 is 0 Å². The molecule has 0 unspecified atom stereocenters. The lowest BCUT2D eigenvalue weighted by Crippen LogP contribution is -2.38. The van der Waals surface area contributed by atoms with Crippen LogP contribution in [0.4, 0.5) is 0 Å². The molecule has 1 N–H and O–H groups in total. The van der Waals surface area contributed by atoms with Gasteiger partial charge in [-0.25, -0.2) is 0 Å². The number of hydrogen-bond acceptors (Lipinski definition) is 5. The highest BCUT2D eigenvalue weighted by Crippen LogP contribution is 2.32. The van der Waals surface area contributed by atoms with E-state index in [9.17, 15) is 9.59 Å². The summed E-state index contributed by atoms with van der Waals surface area (Å²) in [4.78, 5) is 28.9. The van der Waals surface area contributed by atoms with E-state index in [-0.39, 0.29) is 24.8 Å². The number of carbonyl (C=O) groups is 2. The molecule has 1 heterocycles. The van der Waals surface area contributed by atoms with Gasteiger partial charge in [0.25, 0.3) is 0 Å². The van der Waals surface area contributed by atoms with Crippen LogP contribution < -0.4 is 0 Å². The number of aryl methyl sites for hydroxylation is 1. The molecule has 1 aliphatic carbocycles. The van der Waals surface area contributed by atoms with E-state index in [1.807, 2.05) is 13.8 Å². The fraction of sp³-hybridized carbons (Fsp3) is 0.750. The van der Waals surface area contributed by atoms with Gasteiger partial charge in [0.05, 0.1) is 0 Å². The van der Waals surface area contributed by atoms with E-state index < -0.39 is 5.97 Å². The van der Waals surface area contributed by atoms with Gasteiger partial charge >= 0.3 is 5.97 Å². The van der Waals surface area contributed by atoms with Crippen molar-refractivity contribution in [3.63, 3.8) is 0 Å². The largest absolute Gasteiger partial charge is 0.480 e. The number of amides is 1. The van der Waals surface area contributed by atoms with Crippen LogP contribution in [0.3, 0.4) is 0 Å². The number of rotatable bonds is 8. The number of nitrogens with zero attached hydrogens (tertiary/aromatic N) is 3. The van der Waals surface area contributed by atoms with E-state index in [0.717, 1.165) is 18.7 Å². The van der Waals surface area contributed by atoms with Crippen LogP contribution in [0.5, 0.6) is 0 Å². The van der Waals surface area contributed by atoms with Crippen LogP contribution in [0.1, 0.15) is 63.6 Å². The average Bonchev–Trinajstić information content (AvgIpc) is 3.13. The van der Waals surface area contributed by atoms with Gasteiger partial charge < -0.3 is 14.5 Å². The van der Waals surface area contributed by atoms with E-state index in [0.29, 0.717) is 24.8 Å². The summed E-state index contributed by atoms with van der Waals surface area (Å²) in [5, 5.41) is 12.9. The summed E-state index contributed by atoms with van der Waals surface area (Å²) in [6, 6.07) is 0. The lowest BCUT2D eigenvalue weighted by atomic mass is 10.1. The standard InChI is InChI=1S/C16H25N3O4/c1-11(2)9-19(10-15(21)22)14(20)8-7-13-17-16(18-23-13)12-5-3-4-6-12/h11-12H,3-10H2,1-2H3,(H,21,22). The van der Waals surface area contributed by atoms with Gasteiger partial charge in [-0.1, -0.05) is 31.8 Å². The average molecular weight is 323 g/mol. The Hall–Kier alpha value is -1.92. The Morgan fingerprint density at radius 1 is 1.35 bits per heavy atom. The van der Waals surface area contributed by atoms with Crippen molar-refractivity contribution in [2.75, 3.05) is 13.1 Å². The van der Waals surface area contributed by atoms with Gasteiger partial charge in [0, 0.05) is 25.3 Å². The van der Waals surface area contributed by atoms with E-state index in [1.165, 1.54) is 17.7 Å². The van der Waals surface area contributed by atoms with Crippen LogP contribution in [0.15, 0.2) is 4.52 Å². The Bertz CT molecular complexity index is 535. The number of carboxylic acids is 1. The monoisotopic (exact) mass is 323 g/mol. The summed E-state index contributed by atoms with van der Waals surface area (Å²) in [6.07, 6.45) is 5.13. The van der Waals surface area contributed by atoms with Crippen molar-refractivity contribution in [2.24, 2.45) is 5.92 Å². The molecule has 23 heavy (non-hydrogen) atoms. The molecule has 0 bridgehead atoms. The Morgan fingerprint density at radius 3 is 2.65 bits per heavy atom. The maximum Gasteiger partial charge on any atom is 0.323 e. The van der Waals surface area contributed by atoms with Crippen LogP contribution in [-0.4, -0.2) is 45.1 Å². The van der Waals surface area contributed by atoms with Crippen LogP contribution >= 0.6 is 0 Å². The molecular weight excluding hydrogens is 298 g/mol. The highest BCUT2D eigenvalue weighted by atomic mass is 16.5. The van der Waals surface area contributed by atoms with Crippen LogP contribution in [-0.2, 0) is 16.0 Å². The fourth-order valence-corrected chi connectivity index (χ4v) is 2.95. The first-order valence-corrected chi connectivity index (χ1v) is 8.27. The predicted molar refractivity (Wildman–Crippen MR) is 82.9 cm³/mol. The molecule has 0 spiro atoms. The molecule has 1 fully saturated rings. The van der Waals surface area contributed by atoms with Crippen LogP contribution in [0.2, 0.25) is 0 Å². The Labute approximate surface area is 136 Å². The molecular formula is C16H25N3O4. The van der Waals surface area contributed by atoms with E-state index in [4.69, 9.17) is 9.63 Å². The van der Waals surface area contributed by atoms with Crippen molar-refractivity contribution in [3.8, 4) is 0 Å². The molecule has 0 saturated heterocycles. The molecule has 0 radical (unpaired) electrons. The quantitative estimate of drug-likeness (QED) is 0.788. The SMILES string of the molecule is CC(C)CN(CC(=O)O)C(=O)CCc1nc(C2CCCC2)no1. The molecule has 1 amide bonds. The van der Waals surface area contributed by atoms with Gasteiger partial charge in [-0.3, -0.25) is 9.59 Å². The molecule has 128 valence electrons.